The van der Waals surface area contributed by atoms with Gasteiger partial charge in [-0.1, -0.05) is 18.2 Å². The lowest BCUT2D eigenvalue weighted by molar-refractivity contribution is -0.384. The number of nitro benzene ring substituents is 1. The largest absolute Gasteiger partial charge is 0.454 e. The molecular weight excluding hydrogens is 382 g/mol. The van der Waals surface area contributed by atoms with E-state index >= 15 is 0 Å². The topological polar surface area (TPSA) is 136 Å². The number of allylic oxidation sites excluding steroid dienone is 2. The standard InChI is InChI=1S/C19H19N3O7/c1-11(21-17(24)14-7-2-3-8-15(14)18(21)25)19(26)29-10-16(23)20-12-5-4-6-13(9-12)22(27)28/h2-6,9,11,14-15H,7-8,10H2,1H3,(H,20,23)/t11-,14+,15+/m0/s1. The van der Waals surface area contributed by atoms with Crippen molar-refractivity contribution in [3.05, 3.63) is 46.5 Å². The third-order valence-corrected chi connectivity index (χ3v) is 4.96. The maximum absolute atomic E-state index is 12.5. The van der Waals surface area contributed by atoms with Gasteiger partial charge in [0.05, 0.1) is 16.8 Å². The highest BCUT2D eigenvalue weighted by atomic mass is 16.6. The predicted molar refractivity (Wildman–Crippen MR) is 99.4 cm³/mol. The van der Waals surface area contributed by atoms with E-state index in [-0.39, 0.29) is 11.4 Å². The first-order valence-corrected chi connectivity index (χ1v) is 9.02. The first-order valence-electron chi connectivity index (χ1n) is 9.02. The van der Waals surface area contributed by atoms with Crippen molar-refractivity contribution in [2.24, 2.45) is 11.8 Å². The van der Waals surface area contributed by atoms with Crippen LogP contribution < -0.4 is 5.32 Å². The molecule has 1 saturated heterocycles. The molecule has 0 spiro atoms. The quantitative estimate of drug-likeness (QED) is 0.250. The summed E-state index contributed by atoms with van der Waals surface area (Å²) in [5.41, 5.74) is -0.0230. The summed E-state index contributed by atoms with van der Waals surface area (Å²) in [5, 5.41) is 13.1. The van der Waals surface area contributed by atoms with E-state index in [9.17, 15) is 29.3 Å². The normalized spacial score (nSPS) is 21.5. The van der Waals surface area contributed by atoms with Crippen molar-refractivity contribution in [2.45, 2.75) is 25.8 Å². The van der Waals surface area contributed by atoms with Crippen molar-refractivity contribution in [2.75, 3.05) is 11.9 Å². The molecule has 0 unspecified atom stereocenters. The Kier molecular flexibility index (Phi) is 5.71. The van der Waals surface area contributed by atoms with Crippen LogP contribution in [0, 0.1) is 22.0 Å². The van der Waals surface area contributed by atoms with Crippen LogP contribution in [0.1, 0.15) is 19.8 Å². The number of amides is 3. The SMILES string of the molecule is C[C@@H](C(=O)OCC(=O)Nc1cccc([N+](=O)[O-])c1)N1C(=O)[C@@H]2CC=CC[C@H]2C1=O. The Labute approximate surface area is 165 Å². The van der Waals surface area contributed by atoms with Crippen LogP contribution in [0.3, 0.4) is 0 Å². The maximum atomic E-state index is 12.5. The molecule has 152 valence electrons. The van der Waals surface area contributed by atoms with Crippen LogP contribution in [-0.4, -0.2) is 46.2 Å². The van der Waals surface area contributed by atoms with Gasteiger partial charge in [-0.05, 0) is 25.8 Å². The summed E-state index contributed by atoms with van der Waals surface area (Å²) >= 11 is 0. The first-order chi connectivity index (χ1) is 13.8. The zero-order valence-corrected chi connectivity index (χ0v) is 15.6. The molecule has 3 rings (SSSR count). The molecule has 0 radical (unpaired) electrons. The summed E-state index contributed by atoms with van der Waals surface area (Å²) in [5.74, 6) is -3.32. The number of anilines is 1. The van der Waals surface area contributed by atoms with Crippen LogP contribution >= 0.6 is 0 Å². The highest BCUT2D eigenvalue weighted by Gasteiger charge is 2.50. The lowest BCUT2D eigenvalue weighted by atomic mass is 9.85. The summed E-state index contributed by atoms with van der Waals surface area (Å²) in [4.78, 5) is 60.3. The second-order valence-electron chi connectivity index (χ2n) is 6.84. The molecule has 1 aliphatic heterocycles. The summed E-state index contributed by atoms with van der Waals surface area (Å²) in [6.45, 7) is 0.720. The molecule has 1 aliphatic carbocycles. The molecular formula is C19H19N3O7. The number of benzene rings is 1. The van der Waals surface area contributed by atoms with Crippen LogP contribution in [0.15, 0.2) is 36.4 Å². The number of ether oxygens (including phenoxy) is 1. The number of rotatable bonds is 6. The molecule has 10 nitrogen and oxygen atoms in total. The van der Waals surface area contributed by atoms with Crippen molar-refractivity contribution >= 4 is 35.1 Å². The Morgan fingerprint density at radius 1 is 1.24 bits per heavy atom. The van der Waals surface area contributed by atoms with Crippen LogP contribution in [0.25, 0.3) is 0 Å². The summed E-state index contributed by atoms with van der Waals surface area (Å²) in [6.07, 6.45) is 4.60. The zero-order valence-electron chi connectivity index (χ0n) is 15.6. The molecule has 0 bridgehead atoms. The number of carbonyl (C=O) groups is 4. The molecule has 10 heteroatoms. The van der Waals surface area contributed by atoms with Gasteiger partial charge in [-0.3, -0.25) is 29.4 Å². The number of non-ortho nitro benzene ring substituents is 1. The third-order valence-electron chi connectivity index (χ3n) is 4.96. The number of likely N-dealkylation sites (tertiary alicyclic amines) is 1. The minimum absolute atomic E-state index is 0.176. The first kappa shape index (κ1) is 20.2. The number of hydrogen-bond acceptors (Lipinski definition) is 7. The van der Waals surface area contributed by atoms with E-state index in [0.717, 1.165) is 4.90 Å². The lowest BCUT2D eigenvalue weighted by Gasteiger charge is -2.21. The predicted octanol–water partition coefficient (Wildman–Crippen LogP) is 1.42. The molecule has 1 fully saturated rings. The summed E-state index contributed by atoms with van der Waals surface area (Å²) in [6, 6.07) is 4.15. The minimum atomic E-state index is -1.15. The Balaban J connectivity index is 1.55. The van der Waals surface area contributed by atoms with E-state index in [4.69, 9.17) is 4.74 Å². The lowest BCUT2D eigenvalue weighted by Crippen LogP contribution is -2.45. The number of nitrogens with zero attached hydrogens (tertiary/aromatic N) is 2. The highest BCUT2D eigenvalue weighted by molar-refractivity contribution is 6.08. The third kappa shape index (κ3) is 4.15. The summed E-state index contributed by atoms with van der Waals surface area (Å²) in [7, 11) is 0. The van der Waals surface area contributed by atoms with Gasteiger partial charge < -0.3 is 10.1 Å². The number of esters is 1. The fourth-order valence-corrected chi connectivity index (χ4v) is 3.46. The summed E-state index contributed by atoms with van der Waals surface area (Å²) < 4.78 is 4.93. The van der Waals surface area contributed by atoms with Gasteiger partial charge in [-0.2, -0.15) is 0 Å². The van der Waals surface area contributed by atoms with Crippen molar-refractivity contribution in [1.82, 2.24) is 4.90 Å². The van der Waals surface area contributed by atoms with Gasteiger partial charge in [0.25, 0.3) is 11.6 Å². The molecule has 3 amide bonds. The van der Waals surface area contributed by atoms with Gasteiger partial charge in [0, 0.05) is 17.8 Å². The fraction of sp³-hybridized carbons (Fsp3) is 0.368. The van der Waals surface area contributed by atoms with E-state index in [1.54, 1.807) is 0 Å². The molecule has 29 heavy (non-hydrogen) atoms. The van der Waals surface area contributed by atoms with Crippen LogP contribution in [0.4, 0.5) is 11.4 Å². The van der Waals surface area contributed by atoms with Crippen LogP contribution in [-0.2, 0) is 23.9 Å². The van der Waals surface area contributed by atoms with Gasteiger partial charge in [-0.25, -0.2) is 4.79 Å². The number of imide groups is 1. The number of nitrogens with one attached hydrogen (secondary N) is 1. The minimum Gasteiger partial charge on any atom is -0.454 e. The Bertz CT molecular complexity index is 885. The average Bonchev–Trinajstić information content (AvgIpc) is 2.96. The van der Waals surface area contributed by atoms with E-state index < -0.39 is 53.1 Å². The number of hydrogen-bond donors (Lipinski definition) is 1. The van der Waals surface area contributed by atoms with E-state index in [0.29, 0.717) is 12.8 Å². The molecule has 1 N–H and O–H groups in total. The van der Waals surface area contributed by atoms with Gasteiger partial charge >= 0.3 is 5.97 Å². The van der Waals surface area contributed by atoms with Crippen molar-refractivity contribution < 1.29 is 28.8 Å². The molecule has 1 heterocycles. The second-order valence-corrected chi connectivity index (χ2v) is 6.84. The molecule has 0 saturated carbocycles. The van der Waals surface area contributed by atoms with Crippen molar-refractivity contribution in [1.29, 1.82) is 0 Å². The van der Waals surface area contributed by atoms with Crippen LogP contribution in [0.2, 0.25) is 0 Å². The van der Waals surface area contributed by atoms with Gasteiger partial charge in [0.2, 0.25) is 11.8 Å². The monoisotopic (exact) mass is 401 g/mol. The molecule has 2 aliphatic rings. The Morgan fingerprint density at radius 3 is 2.45 bits per heavy atom. The van der Waals surface area contributed by atoms with Gasteiger partial charge in [-0.15, -0.1) is 0 Å². The zero-order chi connectivity index (χ0) is 21.1. The van der Waals surface area contributed by atoms with E-state index in [1.807, 2.05) is 12.2 Å². The van der Waals surface area contributed by atoms with Crippen molar-refractivity contribution in [3.63, 3.8) is 0 Å². The number of nitro groups is 1. The smallest absolute Gasteiger partial charge is 0.329 e. The Morgan fingerprint density at radius 2 is 1.86 bits per heavy atom. The van der Waals surface area contributed by atoms with E-state index in [2.05, 4.69) is 5.32 Å². The molecule has 0 aromatic heterocycles. The molecule has 1 aromatic carbocycles. The average molecular weight is 401 g/mol. The van der Waals surface area contributed by atoms with Gasteiger partial charge in [0.15, 0.2) is 6.61 Å². The van der Waals surface area contributed by atoms with Gasteiger partial charge in [0.1, 0.15) is 6.04 Å². The fourth-order valence-electron chi connectivity index (χ4n) is 3.46. The number of fused-ring (bicyclic) bond motifs is 1. The number of carbonyl (C=O) groups excluding carboxylic acids is 4. The second kappa shape index (κ2) is 8.21. The van der Waals surface area contributed by atoms with Crippen molar-refractivity contribution in [3.8, 4) is 0 Å². The Hall–Kier alpha value is -3.56. The van der Waals surface area contributed by atoms with Crippen LogP contribution in [0.5, 0.6) is 0 Å². The van der Waals surface area contributed by atoms with E-state index in [1.165, 1.54) is 31.2 Å². The highest BCUT2D eigenvalue weighted by Crippen LogP contribution is 2.36. The maximum Gasteiger partial charge on any atom is 0.329 e. The molecule has 1 aromatic rings. The molecule has 3 atom stereocenters.